The summed E-state index contributed by atoms with van der Waals surface area (Å²) in [6.07, 6.45) is 9.64. The van der Waals surface area contributed by atoms with Gasteiger partial charge in [-0.15, -0.1) is 0 Å². The van der Waals surface area contributed by atoms with Gasteiger partial charge in [0.1, 0.15) is 0 Å². The zero-order chi connectivity index (χ0) is 9.78. The van der Waals surface area contributed by atoms with Crippen molar-refractivity contribution < 1.29 is 27.4 Å². The summed E-state index contributed by atoms with van der Waals surface area (Å²) in [5.74, 6) is 0. The largest absolute Gasteiger partial charge is 1.00 e. The molecule has 2 nitrogen and oxygen atoms in total. The van der Waals surface area contributed by atoms with E-state index < -0.39 is 0 Å². The number of rotatable bonds is 10. The van der Waals surface area contributed by atoms with E-state index >= 15 is 0 Å². The molecule has 0 spiro atoms. The molecule has 0 atom stereocenters. The number of unbranched alkanes of at least 4 members (excludes halogenated alkanes) is 6. The van der Waals surface area contributed by atoms with Gasteiger partial charge in [-0.2, -0.15) is 0 Å². The van der Waals surface area contributed by atoms with Crippen LogP contribution in [-0.4, -0.2) is 24.8 Å². The Morgan fingerprint density at radius 2 is 1.43 bits per heavy atom. The van der Waals surface area contributed by atoms with Crippen LogP contribution in [0.3, 0.4) is 0 Å². The second-order valence-corrected chi connectivity index (χ2v) is 3.71. The fourth-order valence-corrected chi connectivity index (χ4v) is 1.48. The van der Waals surface area contributed by atoms with Crippen molar-refractivity contribution in [2.24, 2.45) is 0 Å². The Labute approximate surface area is 99.2 Å². The number of aliphatic hydroxyl groups is 1. The lowest BCUT2D eigenvalue weighted by Gasteiger charge is -2.00. The van der Waals surface area contributed by atoms with Gasteiger partial charge in [-0.3, -0.25) is 0 Å². The minimum Gasteiger partial charge on any atom is -1.00 e. The molecule has 0 saturated carbocycles. The minimum absolute atomic E-state index is 0. The van der Waals surface area contributed by atoms with Crippen LogP contribution < -0.4 is 22.3 Å². The van der Waals surface area contributed by atoms with E-state index in [0.29, 0.717) is 6.61 Å². The van der Waals surface area contributed by atoms with Crippen LogP contribution in [0.5, 0.6) is 0 Å². The van der Waals surface area contributed by atoms with Crippen LogP contribution in [0.4, 0.5) is 0 Å². The van der Waals surface area contributed by atoms with Crippen molar-refractivity contribution in [3.05, 3.63) is 0 Å². The lowest BCUT2D eigenvalue weighted by molar-refractivity contribution is -0.656. The maximum absolute atomic E-state index is 8.53. The SMILES string of the molecule is CCCCCCCCC[NH2+]CCO.[Br-]. The van der Waals surface area contributed by atoms with Crippen LogP contribution in [0, 0.1) is 0 Å². The third-order valence-corrected chi connectivity index (χ3v) is 2.35. The standard InChI is InChI=1S/C11H25NO.BrH/c1-2-3-4-5-6-7-8-9-12-10-11-13;/h12-13H,2-11H2,1H3;1H. The van der Waals surface area contributed by atoms with Crippen molar-refractivity contribution >= 4 is 0 Å². The van der Waals surface area contributed by atoms with E-state index in [-0.39, 0.29) is 17.0 Å². The maximum Gasteiger partial charge on any atom is 0.0990 e. The van der Waals surface area contributed by atoms with Crippen LogP contribution in [0.15, 0.2) is 0 Å². The third kappa shape index (κ3) is 14.9. The lowest BCUT2D eigenvalue weighted by atomic mass is 10.1. The summed E-state index contributed by atoms with van der Waals surface area (Å²) in [7, 11) is 0. The highest BCUT2D eigenvalue weighted by Gasteiger charge is 1.92. The van der Waals surface area contributed by atoms with Crippen molar-refractivity contribution in [1.29, 1.82) is 0 Å². The highest BCUT2D eigenvalue weighted by Crippen LogP contribution is 2.05. The van der Waals surface area contributed by atoms with Gasteiger partial charge in [-0.1, -0.05) is 39.0 Å². The van der Waals surface area contributed by atoms with Gasteiger partial charge in [0.25, 0.3) is 0 Å². The van der Waals surface area contributed by atoms with E-state index in [1.165, 1.54) is 51.5 Å². The van der Waals surface area contributed by atoms with E-state index in [0.717, 1.165) is 6.54 Å². The Bertz CT molecular complexity index is 81.4. The van der Waals surface area contributed by atoms with Crippen molar-refractivity contribution in [2.45, 2.75) is 51.9 Å². The Morgan fingerprint density at radius 1 is 0.857 bits per heavy atom. The fourth-order valence-electron chi connectivity index (χ4n) is 1.48. The zero-order valence-corrected chi connectivity index (χ0v) is 11.1. The number of quaternary nitrogens is 1. The molecule has 0 aromatic rings. The molecule has 0 amide bonds. The van der Waals surface area contributed by atoms with Gasteiger partial charge >= 0.3 is 0 Å². The quantitative estimate of drug-likeness (QED) is 0.455. The molecule has 0 aromatic heterocycles. The second-order valence-electron chi connectivity index (χ2n) is 3.71. The molecule has 0 radical (unpaired) electrons. The first-order chi connectivity index (χ1) is 6.41. The smallest absolute Gasteiger partial charge is 0.0990 e. The van der Waals surface area contributed by atoms with E-state index in [2.05, 4.69) is 12.2 Å². The van der Waals surface area contributed by atoms with E-state index in [4.69, 9.17) is 5.11 Å². The lowest BCUT2D eigenvalue weighted by Crippen LogP contribution is -3.00. The van der Waals surface area contributed by atoms with E-state index in [9.17, 15) is 0 Å². The molecule has 0 heterocycles. The van der Waals surface area contributed by atoms with Gasteiger partial charge in [-0.25, -0.2) is 0 Å². The normalized spacial score (nSPS) is 9.86. The van der Waals surface area contributed by atoms with Crippen LogP contribution in [0.2, 0.25) is 0 Å². The molecule has 14 heavy (non-hydrogen) atoms. The van der Waals surface area contributed by atoms with Crippen LogP contribution in [0.25, 0.3) is 0 Å². The minimum atomic E-state index is 0. The average Bonchev–Trinajstić information content (AvgIpc) is 2.16. The topological polar surface area (TPSA) is 36.8 Å². The Balaban J connectivity index is 0. The number of hydrogen-bond donors (Lipinski definition) is 2. The molecular formula is C11H26BrNO. The highest BCUT2D eigenvalue weighted by atomic mass is 79.9. The molecule has 0 aromatic carbocycles. The molecular weight excluding hydrogens is 242 g/mol. The number of hydrogen-bond acceptors (Lipinski definition) is 1. The Hall–Kier alpha value is 0.400. The van der Waals surface area contributed by atoms with Crippen molar-refractivity contribution in [1.82, 2.24) is 0 Å². The summed E-state index contributed by atoms with van der Waals surface area (Å²) in [6.45, 7) is 4.63. The monoisotopic (exact) mass is 267 g/mol. The Kier molecular flexibility index (Phi) is 19.0. The summed E-state index contributed by atoms with van der Waals surface area (Å²) >= 11 is 0. The predicted octanol–water partition coefficient (Wildman–Crippen LogP) is -1.70. The van der Waals surface area contributed by atoms with Crippen LogP contribution in [-0.2, 0) is 0 Å². The van der Waals surface area contributed by atoms with E-state index in [1.54, 1.807) is 0 Å². The zero-order valence-electron chi connectivity index (χ0n) is 9.47. The summed E-state index contributed by atoms with van der Waals surface area (Å²) in [6, 6.07) is 0. The molecule has 0 saturated heterocycles. The molecule has 88 valence electrons. The summed E-state index contributed by atoms with van der Waals surface area (Å²) in [5.41, 5.74) is 0. The predicted molar refractivity (Wildman–Crippen MR) is 56.7 cm³/mol. The summed E-state index contributed by atoms with van der Waals surface area (Å²) < 4.78 is 0. The van der Waals surface area contributed by atoms with Gasteiger partial charge in [-0.05, 0) is 12.8 Å². The van der Waals surface area contributed by atoms with Crippen LogP contribution in [0.1, 0.15) is 51.9 Å². The molecule has 0 aliphatic rings. The first-order valence-electron chi connectivity index (χ1n) is 5.84. The van der Waals surface area contributed by atoms with Gasteiger partial charge in [0, 0.05) is 0 Å². The highest BCUT2D eigenvalue weighted by molar-refractivity contribution is 4.43. The van der Waals surface area contributed by atoms with Crippen LogP contribution >= 0.6 is 0 Å². The number of aliphatic hydroxyl groups excluding tert-OH is 1. The summed E-state index contributed by atoms with van der Waals surface area (Å²) in [4.78, 5) is 0. The molecule has 0 fully saturated rings. The second kappa shape index (κ2) is 15.9. The number of halogens is 1. The van der Waals surface area contributed by atoms with Crippen molar-refractivity contribution in [3.63, 3.8) is 0 Å². The van der Waals surface area contributed by atoms with Gasteiger partial charge in [0.15, 0.2) is 0 Å². The third-order valence-electron chi connectivity index (χ3n) is 2.35. The molecule has 3 N–H and O–H groups in total. The van der Waals surface area contributed by atoms with Crippen molar-refractivity contribution in [3.8, 4) is 0 Å². The Morgan fingerprint density at radius 3 is 2.00 bits per heavy atom. The molecule has 0 aliphatic carbocycles. The van der Waals surface area contributed by atoms with Gasteiger partial charge in [0.2, 0.25) is 0 Å². The molecule has 3 heteroatoms. The summed E-state index contributed by atoms with van der Waals surface area (Å²) in [5, 5.41) is 10.7. The fraction of sp³-hybridized carbons (Fsp3) is 1.00. The average molecular weight is 268 g/mol. The van der Waals surface area contributed by atoms with Gasteiger partial charge < -0.3 is 27.4 Å². The maximum atomic E-state index is 8.53. The number of nitrogens with two attached hydrogens (primary N) is 1. The van der Waals surface area contributed by atoms with Gasteiger partial charge in [0.05, 0.1) is 19.7 Å². The first-order valence-corrected chi connectivity index (χ1v) is 5.84. The molecule has 0 unspecified atom stereocenters. The van der Waals surface area contributed by atoms with Crippen molar-refractivity contribution in [2.75, 3.05) is 19.7 Å². The molecule has 0 rings (SSSR count). The van der Waals surface area contributed by atoms with E-state index in [1.807, 2.05) is 0 Å². The molecule has 0 bridgehead atoms. The first kappa shape index (κ1) is 16.8. The molecule has 0 aliphatic heterocycles.